The highest BCUT2D eigenvalue weighted by Crippen LogP contribution is 2.32. The predicted octanol–water partition coefficient (Wildman–Crippen LogP) is 4.94. The van der Waals surface area contributed by atoms with Gasteiger partial charge in [0, 0.05) is 20.8 Å². The van der Waals surface area contributed by atoms with Crippen molar-refractivity contribution in [2.45, 2.75) is 13.5 Å². The lowest BCUT2D eigenvalue weighted by atomic mass is 10.2. The Morgan fingerprint density at radius 2 is 2.12 bits per heavy atom. The SMILES string of the molecule is CCNCc1ccc(-c2ccc(Cl)c(Br)c2)s1. The molecule has 0 radical (unpaired) electrons. The standard InChI is InChI=1S/C13H13BrClNS/c1-2-16-8-10-4-6-13(17-10)9-3-5-12(15)11(14)7-9/h3-7,16H,2,8H2,1H3. The maximum atomic E-state index is 5.99. The van der Waals surface area contributed by atoms with E-state index in [0.29, 0.717) is 0 Å². The van der Waals surface area contributed by atoms with Crippen LogP contribution >= 0.6 is 38.9 Å². The molecule has 0 saturated heterocycles. The van der Waals surface area contributed by atoms with Gasteiger partial charge in [0.1, 0.15) is 0 Å². The van der Waals surface area contributed by atoms with Crippen LogP contribution in [-0.2, 0) is 6.54 Å². The van der Waals surface area contributed by atoms with Crippen molar-refractivity contribution in [1.82, 2.24) is 5.32 Å². The summed E-state index contributed by atoms with van der Waals surface area (Å²) in [5.41, 5.74) is 1.20. The normalized spacial score (nSPS) is 10.8. The lowest BCUT2D eigenvalue weighted by Crippen LogP contribution is -2.10. The Hall–Kier alpha value is -0.350. The molecule has 0 aliphatic carbocycles. The first-order valence-corrected chi connectivity index (χ1v) is 7.44. The maximum Gasteiger partial charge on any atom is 0.0548 e. The van der Waals surface area contributed by atoms with Crippen LogP contribution < -0.4 is 5.32 Å². The lowest BCUT2D eigenvalue weighted by Gasteiger charge is -2.00. The summed E-state index contributed by atoms with van der Waals surface area (Å²) >= 11 is 11.3. The Bertz CT molecular complexity index is 510. The van der Waals surface area contributed by atoms with Crippen LogP contribution in [0.2, 0.25) is 5.02 Å². The molecule has 0 unspecified atom stereocenters. The second-order valence-electron chi connectivity index (χ2n) is 3.68. The Morgan fingerprint density at radius 1 is 1.29 bits per heavy atom. The molecule has 0 bridgehead atoms. The molecule has 1 aromatic heterocycles. The molecular formula is C13H13BrClNS. The third-order valence-electron chi connectivity index (χ3n) is 2.42. The first kappa shape index (κ1) is 13.1. The van der Waals surface area contributed by atoms with Gasteiger partial charge >= 0.3 is 0 Å². The number of hydrogen-bond donors (Lipinski definition) is 1. The van der Waals surface area contributed by atoms with Gasteiger partial charge in [-0.25, -0.2) is 0 Å². The molecule has 2 rings (SSSR count). The average Bonchev–Trinajstić information content (AvgIpc) is 2.79. The van der Waals surface area contributed by atoms with Gasteiger partial charge in [-0.15, -0.1) is 11.3 Å². The zero-order valence-electron chi connectivity index (χ0n) is 9.47. The summed E-state index contributed by atoms with van der Waals surface area (Å²) in [7, 11) is 0. The molecule has 0 atom stereocenters. The van der Waals surface area contributed by atoms with Crippen LogP contribution in [0, 0.1) is 0 Å². The number of nitrogens with one attached hydrogen (secondary N) is 1. The fourth-order valence-corrected chi connectivity index (χ4v) is 3.00. The van der Waals surface area contributed by atoms with Gasteiger partial charge in [-0.1, -0.05) is 24.6 Å². The average molecular weight is 331 g/mol. The summed E-state index contributed by atoms with van der Waals surface area (Å²) in [4.78, 5) is 2.63. The largest absolute Gasteiger partial charge is 0.312 e. The minimum absolute atomic E-state index is 0.748. The highest BCUT2D eigenvalue weighted by atomic mass is 79.9. The van der Waals surface area contributed by atoms with E-state index in [2.05, 4.69) is 52.4 Å². The van der Waals surface area contributed by atoms with Crippen molar-refractivity contribution < 1.29 is 0 Å². The van der Waals surface area contributed by atoms with Gasteiger partial charge in [-0.3, -0.25) is 0 Å². The second kappa shape index (κ2) is 6.01. The van der Waals surface area contributed by atoms with Crippen LogP contribution in [0.5, 0.6) is 0 Å². The van der Waals surface area contributed by atoms with E-state index < -0.39 is 0 Å². The highest BCUT2D eigenvalue weighted by molar-refractivity contribution is 9.10. The van der Waals surface area contributed by atoms with E-state index in [1.165, 1.54) is 15.3 Å². The van der Waals surface area contributed by atoms with Gasteiger partial charge in [0.05, 0.1) is 5.02 Å². The Balaban J connectivity index is 2.21. The Kier molecular flexibility index (Phi) is 4.62. The van der Waals surface area contributed by atoms with Crippen molar-refractivity contribution in [3.05, 3.63) is 44.7 Å². The van der Waals surface area contributed by atoms with Crippen molar-refractivity contribution in [2.75, 3.05) is 6.54 Å². The molecule has 4 heteroatoms. The number of halogens is 2. The monoisotopic (exact) mass is 329 g/mol. The highest BCUT2D eigenvalue weighted by Gasteiger charge is 2.05. The third-order valence-corrected chi connectivity index (χ3v) is 4.76. The summed E-state index contributed by atoms with van der Waals surface area (Å²) in [5.74, 6) is 0. The van der Waals surface area contributed by atoms with Crippen LogP contribution in [0.15, 0.2) is 34.8 Å². The van der Waals surface area contributed by atoms with Gasteiger partial charge in [0.2, 0.25) is 0 Å². The lowest BCUT2D eigenvalue weighted by molar-refractivity contribution is 0.735. The first-order valence-electron chi connectivity index (χ1n) is 5.45. The molecule has 0 fully saturated rings. The molecule has 0 saturated carbocycles. The molecule has 0 aliphatic rings. The summed E-state index contributed by atoms with van der Waals surface area (Å²) in [6.07, 6.45) is 0. The van der Waals surface area contributed by atoms with Crippen molar-refractivity contribution in [2.24, 2.45) is 0 Å². The van der Waals surface area contributed by atoms with Crippen molar-refractivity contribution >= 4 is 38.9 Å². The van der Waals surface area contributed by atoms with Gasteiger partial charge in [-0.05, 0) is 52.3 Å². The molecule has 1 heterocycles. The van der Waals surface area contributed by atoms with E-state index in [-0.39, 0.29) is 0 Å². The topological polar surface area (TPSA) is 12.0 Å². The van der Waals surface area contributed by atoms with E-state index in [9.17, 15) is 0 Å². The molecule has 90 valence electrons. The van der Waals surface area contributed by atoms with Crippen molar-refractivity contribution in [3.8, 4) is 10.4 Å². The molecular weight excluding hydrogens is 318 g/mol. The molecule has 0 amide bonds. The number of hydrogen-bond acceptors (Lipinski definition) is 2. The van der Waals surface area contributed by atoms with Gasteiger partial charge in [0.25, 0.3) is 0 Å². The number of rotatable bonds is 4. The van der Waals surface area contributed by atoms with Crippen LogP contribution in [0.25, 0.3) is 10.4 Å². The molecule has 0 aliphatic heterocycles. The Morgan fingerprint density at radius 3 is 2.82 bits per heavy atom. The molecule has 1 aromatic carbocycles. The van der Waals surface area contributed by atoms with Crippen LogP contribution in [0.1, 0.15) is 11.8 Å². The van der Waals surface area contributed by atoms with E-state index in [4.69, 9.17) is 11.6 Å². The second-order valence-corrected chi connectivity index (χ2v) is 6.11. The summed E-state index contributed by atoms with van der Waals surface area (Å²) in [5, 5.41) is 4.08. The predicted molar refractivity (Wildman–Crippen MR) is 79.8 cm³/mol. The third kappa shape index (κ3) is 3.32. The molecule has 17 heavy (non-hydrogen) atoms. The van der Waals surface area contributed by atoms with Crippen LogP contribution in [0.3, 0.4) is 0 Å². The number of thiophene rings is 1. The van der Waals surface area contributed by atoms with Gasteiger partial charge in [0.15, 0.2) is 0 Å². The molecule has 0 spiro atoms. The zero-order valence-corrected chi connectivity index (χ0v) is 12.6. The molecule has 1 N–H and O–H groups in total. The molecule has 1 nitrogen and oxygen atoms in total. The van der Waals surface area contributed by atoms with Crippen molar-refractivity contribution in [3.63, 3.8) is 0 Å². The van der Waals surface area contributed by atoms with E-state index in [1.807, 2.05) is 17.4 Å². The van der Waals surface area contributed by atoms with Crippen molar-refractivity contribution in [1.29, 1.82) is 0 Å². The fraction of sp³-hybridized carbons (Fsp3) is 0.231. The quantitative estimate of drug-likeness (QED) is 0.837. The zero-order chi connectivity index (χ0) is 12.3. The minimum atomic E-state index is 0.748. The van der Waals surface area contributed by atoms with Gasteiger partial charge < -0.3 is 5.32 Å². The summed E-state index contributed by atoms with van der Waals surface area (Å²) < 4.78 is 0.943. The van der Waals surface area contributed by atoms with Crippen LogP contribution in [-0.4, -0.2) is 6.54 Å². The summed E-state index contributed by atoms with van der Waals surface area (Å²) in [6, 6.07) is 10.4. The van der Waals surface area contributed by atoms with E-state index in [0.717, 1.165) is 22.6 Å². The van der Waals surface area contributed by atoms with Crippen LogP contribution in [0.4, 0.5) is 0 Å². The molecule has 2 aromatic rings. The smallest absolute Gasteiger partial charge is 0.0548 e. The van der Waals surface area contributed by atoms with E-state index >= 15 is 0 Å². The van der Waals surface area contributed by atoms with E-state index in [1.54, 1.807) is 0 Å². The maximum absolute atomic E-state index is 5.99. The Labute approximate surface area is 119 Å². The fourth-order valence-electron chi connectivity index (χ4n) is 1.53. The first-order chi connectivity index (χ1) is 8.20. The minimum Gasteiger partial charge on any atom is -0.312 e. The summed E-state index contributed by atoms with van der Waals surface area (Å²) in [6.45, 7) is 4.06. The van der Waals surface area contributed by atoms with Gasteiger partial charge in [-0.2, -0.15) is 0 Å². The number of benzene rings is 1.